The molecule has 1 aromatic rings. The van der Waals surface area contributed by atoms with Gasteiger partial charge in [-0.1, -0.05) is 0 Å². The van der Waals surface area contributed by atoms with Crippen LogP contribution in [0, 0.1) is 12.7 Å². The highest BCUT2D eigenvalue weighted by Crippen LogP contribution is 2.12. The molecule has 0 bridgehead atoms. The highest BCUT2D eigenvalue weighted by molar-refractivity contribution is 6.33. The molecular formula is C6H7BFNO3. The van der Waals surface area contributed by atoms with Crippen LogP contribution in [-0.2, 0) is 0 Å². The zero-order valence-electron chi connectivity index (χ0n) is 6.36. The van der Waals surface area contributed by atoms with Gasteiger partial charge in [-0.2, -0.15) is 0 Å². The van der Waals surface area contributed by atoms with Crippen molar-refractivity contribution < 1.29 is 19.1 Å². The fraction of sp³-hybridized carbons (Fsp3) is 0.167. The SMILES string of the molecule is Cc1ncc(OB(O)O)cc1F. The van der Waals surface area contributed by atoms with Crippen molar-refractivity contribution in [1.29, 1.82) is 0 Å². The first-order valence-electron chi connectivity index (χ1n) is 3.24. The molecule has 0 spiro atoms. The summed E-state index contributed by atoms with van der Waals surface area (Å²) in [6.45, 7) is 1.49. The molecule has 0 atom stereocenters. The molecule has 1 rings (SSSR count). The van der Waals surface area contributed by atoms with E-state index < -0.39 is 13.1 Å². The number of hydrogen-bond acceptors (Lipinski definition) is 4. The molecule has 0 saturated carbocycles. The third-order valence-corrected chi connectivity index (χ3v) is 1.24. The lowest BCUT2D eigenvalue weighted by atomic mass is 10.2. The third kappa shape index (κ3) is 2.18. The van der Waals surface area contributed by atoms with Gasteiger partial charge in [0.2, 0.25) is 0 Å². The van der Waals surface area contributed by atoms with Crippen molar-refractivity contribution in [2.24, 2.45) is 0 Å². The maximum atomic E-state index is 12.7. The van der Waals surface area contributed by atoms with E-state index in [9.17, 15) is 4.39 Å². The van der Waals surface area contributed by atoms with E-state index in [2.05, 4.69) is 9.64 Å². The molecule has 0 unspecified atom stereocenters. The Labute approximate surface area is 68.8 Å². The molecule has 0 radical (unpaired) electrons. The number of hydrogen-bond donors (Lipinski definition) is 2. The Morgan fingerprint density at radius 2 is 2.25 bits per heavy atom. The third-order valence-electron chi connectivity index (χ3n) is 1.24. The molecule has 2 N–H and O–H groups in total. The first-order chi connectivity index (χ1) is 5.59. The predicted octanol–water partition coefficient (Wildman–Crippen LogP) is -0.123. The van der Waals surface area contributed by atoms with Gasteiger partial charge in [0.15, 0.2) is 0 Å². The second kappa shape index (κ2) is 3.51. The largest absolute Gasteiger partial charge is 0.707 e. The van der Waals surface area contributed by atoms with Crippen LogP contribution in [0.5, 0.6) is 5.75 Å². The van der Waals surface area contributed by atoms with Gasteiger partial charge in [0.25, 0.3) is 0 Å². The molecule has 1 heterocycles. The smallest absolute Gasteiger partial charge is 0.511 e. The van der Waals surface area contributed by atoms with E-state index in [0.29, 0.717) is 0 Å². The molecule has 0 aliphatic carbocycles. The minimum absolute atomic E-state index is 0.0203. The van der Waals surface area contributed by atoms with E-state index >= 15 is 0 Å². The molecule has 0 amide bonds. The number of halogens is 1. The van der Waals surface area contributed by atoms with E-state index in [1.807, 2.05) is 0 Å². The van der Waals surface area contributed by atoms with Gasteiger partial charge in [-0.15, -0.1) is 0 Å². The Morgan fingerprint density at radius 3 is 2.75 bits per heavy atom. The lowest BCUT2D eigenvalue weighted by molar-refractivity contribution is 0.287. The van der Waals surface area contributed by atoms with Gasteiger partial charge >= 0.3 is 7.32 Å². The topological polar surface area (TPSA) is 62.6 Å². The monoisotopic (exact) mass is 171 g/mol. The van der Waals surface area contributed by atoms with Crippen molar-refractivity contribution in [2.45, 2.75) is 6.92 Å². The van der Waals surface area contributed by atoms with Crippen molar-refractivity contribution in [3.8, 4) is 5.75 Å². The first kappa shape index (κ1) is 8.96. The summed E-state index contributed by atoms with van der Waals surface area (Å²) in [6.07, 6.45) is 1.21. The molecule has 0 aromatic carbocycles. The van der Waals surface area contributed by atoms with Crippen LogP contribution in [0.4, 0.5) is 4.39 Å². The molecule has 64 valence electrons. The normalized spacial score (nSPS) is 9.67. The summed E-state index contributed by atoms with van der Waals surface area (Å²) in [4.78, 5) is 3.61. The minimum Gasteiger partial charge on any atom is -0.511 e. The summed E-state index contributed by atoms with van der Waals surface area (Å²) in [7, 11) is -1.95. The standard InChI is InChI=1S/C6H7BFNO3/c1-4-6(8)2-5(3-9-4)12-7(10)11/h2-3,10-11H,1H3. The van der Waals surface area contributed by atoms with Crippen LogP contribution in [0.15, 0.2) is 12.3 Å². The van der Waals surface area contributed by atoms with Crippen LogP contribution >= 0.6 is 0 Å². The molecule has 12 heavy (non-hydrogen) atoms. The van der Waals surface area contributed by atoms with Crippen LogP contribution in [0.25, 0.3) is 0 Å². The highest BCUT2D eigenvalue weighted by atomic mass is 19.1. The highest BCUT2D eigenvalue weighted by Gasteiger charge is 2.12. The van der Waals surface area contributed by atoms with Crippen LogP contribution < -0.4 is 4.65 Å². The Kier molecular flexibility index (Phi) is 2.62. The van der Waals surface area contributed by atoms with Crippen molar-refractivity contribution in [3.05, 3.63) is 23.8 Å². The molecular weight excluding hydrogens is 164 g/mol. The number of aryl methyl sites for hydroxylation is 1. The van der Waals surface area contributed by atoms with Crippen molar-refractivity contribution >= 4 is 7.32 Å². The maximum Gasteiger partial charge on any atom is 0.707 e. The van der Waals surface area contributed by atoms with Gasteiger partial charge < -0.3 is 14.7 Å². The molecule has 0 fully saturated rings. The zero-order chi connectivity index (χ0) is 9.14. The van der Waals surface area contributed by atoms with Gasteiger partial charge in [-0.25, -0.2) is 4.39 Å². The van der Waals surface area contributed by atoms with Crippen LogP contribution in [0.2, 0.25) is 0 Å². The van der Waals surface area contributed by atoms with Crippen molar-refractivity contribution in [3.63, 3.8) is 0 Å². The average molecular weight is 171 g/mol. The summed E-state index contributed by atoms with van der Waals surface area (Å²) < 4.78 is 17.1. The molecule has 0 saturated heterocycles. The number of pyridine rings is 1. The van der Waals surface area contributed by atoms with E-state index in [-0.39, 0.29) is 11.4 Å². The lowest BCUT2D eigenvalue weighted by Crippen LogP contribution is -2.20. The lowest BCUT2D eigenvalue weighted by Gasteiger charge is -2.03. The first-order valence-corrected chi connectivity index (χ1v) is 3.24. The number of nitrogens with zero attached hydrogens (tertiary/aromatic N) is 1. The van der Waals surface area contributed by atoms with E-state index in [4.69, 9.17) is 10.0 Å². The number of aromatic nitrogens is 1. The average Bonchev–Trinajstić information content (AvgIpc) is 1.96. The Hall–Kier alpha value is -1.14. The van der Waals surface area contributed by atoms with Gasteiger partial charge in [0.1, 0.15) is 11.6 Å². The Balaban J connectivity index is 2.82. The second-order valence-electron chi connectivity index (χ2n) is 2.18. The van der Waals surface area contributed by atoms with Crippen LogP contribution in [-0.4, -0.2) is 22.4 Å². The van der Waals surface area contributed by atoms with Gasteiger partial charge in [-0.05, 0) is 6.92 Å². The van der Waals surface area contributed by atoms with Gasteiger partial charge in [0.05, 0.1) is 11.9 Å². The fourth-order valence-electron chi connectivity index (χ4n) is 0.675. The number of rotatable bonds is 2. The van der Waals surface area contributed by atoms with Gasteiger partial charge in [0, 0.05) is 6.07 Å². The minimum atomic E-state index is -1.95. The molecule has 0 aliphatic heterocycles. The summed E-state index contributed by atoms with van der Waals surface area (Å²) in [5.74, 6) is -0.568. The fourth-order valence-corrected chi connectivity index (χ4v) is 0.675. The second-order valence-corrected chi connectivity index (χ2v) is 2.18. The Morgan fingerprint density at radius 1 is 1.58 bits per heavy atom. The van der Waals surface area contributed by atoms with Crippen molar-refractivity contribution in [1.82, 2.24) is 4.98 Å². The maximum absolute atomic E-state index is 12.7. The molecule has 1 aromatic heterocycles. The molecule has 4 nitrogen and oxygen atoms in total. The summed E-state index contributed by atoms with van der Waals surface area (Å²) in [5, 5.41) is 16.7. The predicted molar refractivity (Wildman–Crippen MR) is 39.8 cm³/mol. The van der Waals surface area contributed by atoms with Crippen molar-refractivity contribution in [2.75, 3.05) is 0 Å². The zero-order valence-corrected chi connectivity index (χ0v) is 6.36. The Bertz CT molecular complexity index is 281. The summed E-state index contributed by atoms with van der Waals surface area (Å²) in [6, 6.07) is 1.03. The molecule has 6 heteroatoms. The molecule has 0 aliphatic rings. The summed E-state index contributed by atoms with van der Waals surface area (Å²) in [5.41, 5.74) is 0.231. The van der Waals surface area contributed by atoms with Crippen LogP contribution in [0.3, 0.4) is 0 Å². The quantitative estimate of drug-likeness (QED) is 0.608. The van der Waals surface area contributed by atoms with E-state index in [1.165, 1.54) is 13.1 Å². The van der Waals surface area contributed by atoms with E-state index in [1.54, 1.807) is 0 Å². The van der Waals surface area contributed by atoms with Crippen LogP contribution in [0.1, 0.15) is 5.69 Å². The van der Waals surface area contributed by atoms with Gasteiger partial charge in [-0.3, -0.25) is 4.98 Å². The summed E-state index contributed by atoms with van der Waals surface area (Å²) >= 11 is 0. The van der Waals surface area contributed by atoms with E-state index in [0.717, 1.165) is 6.07 Å².